The van der Waals surface area contributed by atoms with Crippen molar-refractivity contribution in [2.24, 2.45) is 14.1 Å². The predicted octanol–water partition coefficient (Wildman–Crippen LogP) is 6.78. The van der Waals surface area contributed by atoms with Gasteiger partial charge in [0.15, 0.2) is 0 Å². The van der Waals surface area contributed by atoms with Crippen LogP contribution in [0.1, 0.15) is 12.6 Å². The van der Waals surface area contributed by atoms with Gasteiger partial charge in [0.25, 0.3) is 11.1 Å². The largest absolute Gasteiger partial charge is 1.00 e. The summed E-state index contributed by atoms with van der Waals surface area (Å²) in [5.41, 5.74) is 8.28. The van der Waals surface area contributed by atoms with Gasteiger partial charge in [-0.15, -0.1) is 0 Å². The van der Waals surface area contributed by atoms with Crippen molar-refractivity contribution >= 4 is 74.0 Å². The van der Waals surface area contributed by atoms with Crippen molar-refractivity contribution in [1.29, 1.82) is 0 Å². The minimum atomic E-state index is -0.360. The number of carbonyl (C=O) groups excluding carboxylic acids is 2. The number of hydrogen-bond donors (Lipinski definition) is 5. The van der Waals surface area contributed by atoms with E-state index in [-0.39, 0.29) is 76.0 Å². The molecule has 0 saturated heterocycles. The van der Waals surface area contributed by atoms with Gasteiger partial charge in [0.2, 0.25) is 0 Å². The van der Waals surface area contributed by atoms with Gasteiger partial charge in [0.1, 0.15) is 11.0 Å². The zero-order valence-electron chi connectivity index (χ0n) is 39.4. The van der Waals surface area contributed by atoms with Crippen molar-refractivity contribution in [2.45, 2.75) is 13.8 Å². The second-order valence-electron chi connectivity index (χ2n) is 15.4. The number of aryl methyl sites for hydroxylation is 4. The summed E-state index contributed by atoms with van der Waals surface area (Å²) in [5, 5.41) is 16.0. The first-order chi connectivity index (χ1) is 31.2. The van der Waals surface area contributed by atoms with E-state index in [1.54, 1.807) is 72.0 Å². The van der Waals surface area contributed by atoms with E-state index in [0.717, 1.165) is 44.4 Å². The molecule has 0 unspecified atom stereocenters. The smallest absolute Gasteiger partial charge is 1.00 e. The Labute approximate surface area is 432 Å². The number of aromatic nitrogens is 4. The van der Waals surface area contributed by atoms with Gasteiger partial charge < -0.3 is 42.0 Å². The van der Waals surface area contributed by atoms with E-state index >= 15 is 0 Å². The molecule has 334 valence electrons. The predicted molar refractivity (Wildman–Crippen MR) is 268 cm³/mol. The fourth-order valence-corrected chi connectivity index (χ4v) is 7.09. The van der Waals surface area contributed by atoms with Crippen LogP contribution in [-0.4, -0.2) is 59.4 Å². The number of rotatable bonds is 7. The third kappa shape index (κ3) is 12.6. The summed E-state index contributed by atoms with van der Waals surface area (Å²) in [6.07, 6.45) is 3.42. The van der Waals surface area contributed by atoms with Crippen molar-refractivity contribution < 1.29 is 62.4 Å². The molecule has 4 aromatic heterocycles. The van der Waals surface area contributed by atoms with Gasteiger partial charge in [-0.25, -0.2) is 19.6 Å². The Balaban J connectivity index is 0.000000269. The Hall–Kier alpha value is -6.17. The summed E-state index contributed by atoms with van der Waals surface area (Å²) in [4.78, 5) is 61.5. The molecule has 0 aliphatic heterocycles. The number of carbonyl (C=O) groups is 2. The van der Waals surface area contributed by atoms with Crippen LogP contribution in [0.25, 0.3) is 44.1 Å². The second kappa shape index (κ2) is 23.3. The molecule has 8 rings (SSSR count). The number of fused-ring (bicyclic) bond motifs is 2. The average molecular weight is 932 g/mol. The molecule has 5 N–H and O–H groups in total. The maximum atomic E-state index is 13.2. The van der Waals surface area contributed by atoms with Crippen LogP contribution in [-0.2, 0) is 14.1 Å². The Kier molecular flexibility index (Phi) is 18.0. The number of para-hydroxylation sites is 2. The van der Waals surface area contributed by atoms with Crippen molar-refractivity contribution in [3.8, 4) is 22.3 Å². The Morgan fingerprint density at radius 2 is 0.955 bits per heavy atom. The summed E-state index contributed by atoms with van der Waals surface area (Å²) in [6, 6.07) is 35.9. The maximum absolute atomic E-state index is 13.2. The Bertz CT molecular complexity index is 3130. The van der Waals surface area contributed by atoms with Crippen molar-refractivity contribution in [1.82, 2.24) is 24.4 Å². The third-order valence-corrected chi connectivity index (χ3v) is 10.5. The number of urea groups is 2. The fraction of sp³-hybridized carbons (Fsp3) is 0.160. The van der Waals surface area contributed by atoms with Crippen molar-refractivity contribution in [3.63, 3.8) is 0 Å². The fourth-order valence-electron chi connectivity index (χ4n) is 6.93. The first-order valence-corrected chi connectivity index (χ1v) is 20.9. The summed E-state index contributed by atoms with van der Waals surface area (Å²) in [6.45, 7) is 3.87. The second-order valence-corrected chi connectivity index (χ2v) is 15.7. The zero-order chi connectivity index (χ0) is 46.8. The quantitative estimate of drug-likeness (QED) is 0.0863. The number of hydrogen-bond acceptors (Lipinski definition) is 8. The monoisotopic (exact) mass is 930 g/mol. The molecule has 8 aromatic rings. The molecule has 0 saturated carbocycles. The van der Waals surface area contributed by atoms with Gasteiger partial charge in [0, 0.05) is 91.3 Å². The summed E-state index contributed by atoms with van der Waals surface area (Å²) < 4.78 is 3.20. The molecule has 0 radical (unpaired) electrons. The summed E-state index contributed by atoms with van der Waals surface area (Å²) in [5.74, 6) is 0.784. The molecule has 66 heavy (non-hydrogen) atoms. The molecular formula is C50H52ClKN10O4. The molecule has 16 heteroatoms. The Morgan fingerprint density at radius 1 is 0.561 bits per heavy atom. The number of amides is 4. The van der Waals surface area contributed by atoms with Gasteiger partial charge in [-0.2, -0.15) is 0 Å². The number of nitrogens with zero attached hydrogens (tertiary/aromatic N) is 5. The van der Waals surface area contributed by atoms with Crippen molar-refractivity contribution in [3.05, 3.63) is 171 Å². The topological polar surface area (TPSA) is 167 Å². The van der Waals surface area contributed by atoms with Crippen LogP contribution in [0.4, 0.5) is 38.2 Å². The normalized spacial score (nSPS) is 10.4. The molecule has 14 nitrogen and oxygen atoms in total. The molecule has 0 spiro atoms. The van der Waals surface area contributed by atoms with Crippen LogP contribution in [0.5, 0.6) is 0 Å². The molecule has 4 heterocycles. The van der Waals surface area contributed by atoms with E-state index in [2.05, 4.69) is 36.6 Å². The number of nitrogens with one attached hydrogen (secondary N) is 5. The van der Waals surface area contributed by atoms with Crippen LogP contribution in [0.15, 0.2) is 143 Å². The van der Waals surface area contributed by atoms with Gasteiger partial charge in [-0.3, -0.25) is 9.59 Å². The Morgan fingerprint density at radius 3 is 1.38 bits per heavy atom. The van der Waals surface area contributed by atoms with Crippen LogP contribution >= 0.6 is 11.6 Å². The minimum Gasteiger partial charge on any atom is -1.00 e. The molecular weight excluding hydrogens is 879 g/mol. The molecule has 4 aromatic carbocycles. The number of anilines is 5. The van der Waals surface area contributed by atoms with E-state index in [9.17, 15) is 19.2 Å². The van der Waals surface area contributed by atoms with Gasteiger partial charge >= 0.3 is 63.4 Å². The van der Waals surface area contributed by atoms with Gasteiger partial charge in [-0.1, -0.05) is 60.1 Å². The average Bonchev–Trinajstić information content (AvgIpc) is 3.29. The van der Waals surface area contributed by atoms with Crippen molar-refractivity contribution in [2.75, 3.05) is 54.4 Å². The van der Waals surface area contributed by atoms with E-state index in [1.165, 1.54) is 0 Å². The molecule has 0 fully saturated rings. The van der Waals surface area contributed by atoms with Gasteiger partial charge in [-0.05, 0) is 117 Å². The van der Waals surface area contributed by atoms with Crippen LogP contribution in [0.3, 0.4) is 0 Å². The molecule has 0 aliphatic rings. The minimum absolute atomic E-state index is 0. The van der Waals surface area contributed by atoms with Crippen LogP contribution in [0, 0.1) is 13.8 Å². The third-order valence-electron chi connectivity index (χ3n) is 10.3. The zero-order valence-corrected chi connectivity index (χ0v) is 42.3. The van der Waals surface area contributed by atoms with Gasteiger partial charge in [0.05, 0.1) is 11.0 Å². The summed E-state index contributed by atoms with van der Waals surface area (Å²) in [7, 11) is 11.0. The molecule has 0 aliphatic carbocycles. The number of pyridine rings is 4. The SMILES string of the molecule is CNC.Cc1ccc(NC(=O)Nc2ccccc2)cc1-c1cc2cnc(Cl)cc2n(C)c1=O.Cc1ccc(NC(=O)Nc2ccccc2)cc1-c1cc2cnc(N(C)C)cc2n(C)c1=O.[H-].[K+]. The van der Waals surface area contributed by atoms with E-state index in [1.807, 2.05) is 132 Å². The molecule has 0 atom stereocenters. The first-order valence-electron chi connectivity index (χ1n) is 20.6. The van der Waals surface area contributed by atoms with E-state index < -0.39 is 0 Å². The van der Waals surface area contributed by atoms with E-state index in [0.29, 0.717) is 44.5 Å². The number of halogens is 1. The standard InChI is InChI=1S/C25H25N5O2.C23H19ClN4O2.C2H7N.K.H/c1-16-10-11-19(28-25(32)27-18-8-6-5-7-9-18)13-20(16)21-12-17-15-26-23(29(2)3)14-22(17)30(4)24(21)31;1-14-8-9-17(27-23(30)26-16-6-4-3-5-7-16)11-18(14)19-10-15-13-25-21(24)12-20(15)28(2)22(19)29;1-3-2;;/h5-15H,1-4H3,(H2,27,28,32);3-13H,1-2H3,(H2,26,27,30);3H,1-2H3;;/q;;;+1;-1. The number of benzene rings is 4. The molecule has 4 amide bonds. The van der Waals surface area contributed by atoms with Crippen LogP contribution < -0.4 is 94.0 Å². The van der Waals surface area contributed by atoms with Crippen LogP contribution in [0.2, 0.25) is 5.15 Å². The summed E-state index contributed by atoms with van der Waals surface area (Å²) >= 11 is 5.98. The molecule has 0 bridgehead atoms. The van der Waals surface area contributed by atoms with E-state index in [4.69, 9.17) is 11.6 Å². The first kappa shape index (κ1) is 50.8. The maximum Gasteiger partial charge on any atom is 1.00 e.